The number of amides is 1. The van der Waals surface area contributed by atoms with Gasteiger partial charge in [-0.3, -0.25) is 9.59 Å². The second-order valence-corrected chi connectivity index (χ2v) is 4.72. The van der Waals surface area contributed by atoms with Crippen molar-refractivity contribution < 1.29 is 24.2 Å². The molecule has 1 rings (SSSR count). The Kier molecular flexibility index (Phi) is 6.68. The van der Waals surface area contributed by atoms with Crippen LogP contribution >= 0.6 is 0 Å². The molecule has 21 heavy (non-hydrogen) atoms. The summed E-state index contributed by atoms with van der Waals surface area (Å²) in [5, 5.41) is 8.86. The maximum Gasteiger partial charge on any atom is 0.323 e. The molecule has 0 bridgehead atoms. The number of hydrogen-bond donors (Lipinski definition) is 1. The second kappa shape index (κ2) is 8.26. The van der Waals surface area contributed by atoms with E-state index in [1.165, 1.54) is 12.0 Å². The van der Waals surface area contributed by atoms with Crippen LogP contribution < -0.4 is 4.74 Å². The van der Waals surface area contributed by atoms with Crippen molar-refractivity contribution in [3.8, 4) is 5.75 Å². The first-order valence-electron chi connectivity index (χ1n) is 6.67. The van der Waals surface area contributed by atoms with E-state index < -0.39 is 12.1 Å². The van der Waals surface area contributed by atoms with Crippen LogP contribution in [0.15, 0.2) is 24.3 Å². The molecule has 1 aromatic carbocycles. The lowest BCUT2D eigenvalue weighted by atomic mass is 10.2. The minimum atomic E-state index is -1.07. The summed E-state index contributed by atoms with van der Waals surface area (Å²) in [7, 11) is 1.50. The summed E-state index contributed by atoms with van der Waals surface area (Å²) >= 11 is 0. The number of carboxylic acids is 1. The fourth-order valence-corrected chi connectivity index (χ4v) is 1.83. The molecule has 1 N–H and O–H groups in total. The van der Waals surface area contributed by atoms with Crippen molar-refractivity contribution in [3.05, 3.63) is 29.8 Å². The number of ether oxygens (including phenoxy) is 2. The molecule has 1 atom stereocenters. The van der Waals surface area contributed by atoms with Crippen molar-refractivity contribution in [2.24, 2.45) is 0 Å². The number of aliphatic carboxylic acids is 1. The molecule has 6 nitrogen and oxygen atoms in total. The van der Waals surface area contributed by atoms with Gasteiger partial charge < -0.3 is 19.5 Å². The van der Waals surface area contributed by atoms with Gasteiger partial charge in [-0.15, -0.1) is 0 Å². The van der Waals surface area contributed by atoms with E-state index in [1.807, 2.05) is 25.1 Å². The molecular formula is C15H21NO5. The average Bonchev–Trinajstić information content (AvgIpc) is 2.42. The smallest absolute Gasteiger partial charge is 0.323 e. The van der Waals surface area contributed by atoms with Gasteiger partial charge in [0.1, 0.15) is 12.3 Å². The van der Waals surface area contributed by atoms with Gasteiger partial charge in [0.05, 0.1) is 6.61 Å². The zero-order chi connectivity index (χ0) is 15.8. The summed E-state index contributed by atoms with van der Waals surface area (Å²) in [5.41, 5.74) is 1.02. The molecular weight excluding hydrogens is 274 g/mol. The van der Waals surface area contributed by atoms with Crippen LogP contribution in [0.2, 0.25) is 0 Å². The van der Waals surface area contributed by atoms with Gasteiger partial charge >= 0.3 is 5.97 Å². The first kappa shape index (κ1) is 17.0. The molecule has 0 heterocycles. The Morgan fingerprint density at radius 3 is 2.67 bits per heavy atom. The molecule has 1 aromatic rings. The maximum absolute atomic E-state index is 12.3. The highest BCUT2D eigenvalue weighted by Crippen LogP contribution is 2.15. The number of carboxylic acid groups (broad SMARTS) is 1. The topological polar surface area (TPSA) is 76.1 Å². The Morgan fingerprint density at radius 1 is 1.38 bits per heavy atom. The molecule has 0 aromatic heterocycles. The van der Waals surface area contributed by atoms with Gasteiger partial charge in [-0.25, -0.2) is 0 Å². The van der Waals surface area contributed by atoms with E-state index in [2.05, 4.69) is 0 Å². The van der Waals surface area contributed by atoms with Crippen LogP contribution in [0.5, 0.6) is 5.75 Å². The quantitative estimate of drug-likeness (QED) is 0.783. The van der Waals surface area contributed by atoms with E-state index in [4.69, 9.17) is 14.6 Å². The first-order chi connectivity index (χ1) is 9.93. The van der Waals surface area contributed by atoms with Crippen LogP contribution in [0.25, 0.3) is 0 Å². The van der Waals surface area contributed by atoms with E-state index in [1.54, 1.807) is 13.0 Å². The number of nitrogens with zero attached hydrogens (tertiary/aromatic N) is 1. The van der Waals surface area contributed by atoms with Gasteiger partial charge in [0.15, 0.2) is 6.10 Å². The normalized spacial score (nSPS) is 11.8. The van der Waals surface area contributed by atoms with Crippen LogP contribution in [0.1, 0.15) is 12.5 Å². The Labute approximate surface area is 124 Å². The van der Waals surface area contributed by atoms with Gasteiger partial charge in [0, 0.05) is 13.7 Å². The first-order valence-corrected chi connectivity index (χ1v) is 6.67. The van der Waals surface area contributed by atoms with Gasteiger partial charge in [0.25, 0.3) is 5.91 Å². The van der Waals surface area contributed by atoms with Gasteiger partial charge in [-0.1, -0.05) is 12.1 Å². The third-order valence-electron chi connectivity index (χ3n) is 2.85. The van der Waals surface area contributed by atoms with Crippen molar-refractivity contribution in [2.75, 3.05) is 26.8 Å². The van der Waals surface area contributed by atoms with Crippen LogP contribution in [0, 0.1) is 6.92 Å². The Balaban J connectivity index is 2.70. The molecule has 1 unspecified atom stereocenters. The van der Waals surface area contributed by atoms with Crippen LogP contribution in [0.4, 0.5) is 0 Å². The fraction of sp³-hybridized carbons (Fsp3) is 0.467. The zero-order valence-electron chi connectivity index (χ0n) is 12.5. The van der Waals surface area contributed by atoms with Crippen molar-refractivity contribution in [2.45, 2.75) is 20.0 Å². The van der Waals surface area contributed by atoms with Gasteiger partial charge in [-0.2, -0.15) is 0 Å². The Morgan fingerprint density at radius 2 is 2.10 bits per heavy atom. The predicted octanol–water partition coefficient (Wildman–Crippen LogP) is 1.32. The third kappa shape index (κ3) is 5.83. The summed E-state index contributed by atoms with van der Waals surface area (Å²) in [6.45, 7) is 3.64. The Bertz CT molecular complexity index is 489. The lowest BCUT2D eigenvalue weighted by molar-refractivity contribution is -0.148. The molecule has 0 fully saturated rings. The molecule has 0 saturated carbocycles. The van der Waals surface area contributed by atoms with Crippen molar-refractivity contribution in [1.29, 1.82) is 0 Å². The van der Waals surface area contributed by atoms with Gasteiger partial charge in [0.2, 0.25) is 0 Å². The van der Waals surface area contributed by atoms with E-state index in [0.717, 1.165) is 5.56 Å². The largest absolute Gasteiger partial charge is 0.481 e. The van der Waals surface area contributed by atoms with Crippen LogP contribution in [0.3, 0.4) is 0 Å². The van der Waals surface area contributed by atoms with Gasteiger partial charge in [-0.05, 0) is 31.5 Å². The number of rotatable bonds is 8. The van der Waals surface area contributed by atoms with E-state index in [9.17, 15) is 9.59 Å². The average molecular weight is 295 g/mol. The summed E-state index contributed by atoms with van der Waals surface area (Å²) in [6.07, 6.45) is -0.761. The third-order valence-corrected chi connectivity index (χ3v) is 2.85. The molecule has 116 valence electrons. The summed E-state index contributed by atoms with van der Waals surface area (Å²) in [4.78, 5) is 24.3. The minimum absolute atomic E-state index is 0.211. The monoisotopic (exact) mass is 295 g/mol. The highest BCUT2D eigenvalue weighted by atomic mass is 16.5. The molecule has 0 spiro atoms. The molecule has 6 heteroatoms. The highest BCUT2D eigenvalue weighted by molar-refractivity contribution is 5.84. The van der Waals surface area contributed by atoms with E-state index in [0.29, 0.717) is 5.75 Å². The lowest BCUT2D eigenvalue weighted by Crippen LogP contribution is -2.44. The number of carbonyl (C=O) groups is 2. The predicted molar refractivity (Wildman–Crippen MR) is 77.4 cm³/mol. The molecule has 0 radical (unpaired) electrons. The van der Waals surface area contributed by atoms with Crippen molar-refractivity contribution in [1.82, 2.24) is 4.90 Å². The maximum atomic E-state index is 12.3. The zero-order valence-corrected chi connectivity index (χ0v) is 12.5. The molecule has 0 aliphatic heterocycles. The summed E-state index contributed by atoms with van der Waals surface area (Å²) in [5.74, 6) is -0.865. The van der Waals surface area contributed by atoms with E-state index in [-0.39, 0.29) is 25.6 Å². The molecule has 1 amide bonds. The standard InChI is InChI=1S/C15H21NO5/c1-11-5-4-6-13(9-11)21-12(2)15(19)16(7-8-20-3)10-14(17)18/h4-6,9,12H,7-8,10H2,1-3H3,(H,17,18). The summed E-state index contributed by atoms with van der Waals surface area (Å²) in [6, 6.07) is 7.34. The van der Waals surface area contributed by atoms with Crippen molar-refractivity contribution in [3.63, 3.8) is 0 Å². The number of hydrogen-bond acceptors (Lipinski definition) is 4. The van der Waals surface area contributed by atoms with Crippen LogP contribution in [-0.2, 0) is 14.3 Å². The van der Waals surface area contributed by atoms with Crippen molar-refractivity contribution >= 4 is 11.9 Å². The number of benzene rings is 1. The minimum Gasteiger partial charge on any atom is -0.481 e. The summed E-state index contributed by atoms with van der Waals surface area (Å²) < 4.78 is 10.5. The molecule has 0 aliphatic carbocycles. The fourth-order valence-electron chi connectivity index (χ4n) is 1.83. The molecule has 0 aliphatic rings. The second-order valence-electron chi connectivity index (χ2n) is 4.72. The SMILES string of the molecule is COCCN(CC(=O)O)C(=O)C(C)Oc1cccc(C)c1. The van der Waals surface area contributed by atoms with Crippen LogP contribution in [-0.4, -0.2) is 54.8 Å². The molecule has 0 saturated heterocycles. The highest BCUT2D eigenvalue weighted by Gasteiger charge is 2.23. The number of carbonyl (C=O) groups excluding carboxylic acids is 1. The van der Waals surface area contributed by atoms with E-state index >= 15 is 0 Å². The Hall–Kier alpha value is -2.08. The number of aryl methyl sites for hydroxylation is 1. The lowest BCUT2D eigenvalue weighted by Gasteiger charge is -2.24. The number of methoxy groups -OCH3 is 1.